The molecule has 0 radical (unpaired) electrons. The molecule has 0 bridgehead atoms. The number of H-pyrrole nitrogens is 1. The van der Waals surface area contributed by atoms with Gasteiger partial charge in [0.15, 0.2) is 0 Å². The smallest absolute Gasteiger partial charge is 0.271 e. The molecule has 0 saturated carbocycles. The predicted octanol–water partition coefficient (Wildman–Crippen LogP) is 1.46. The van der Waals surface area contributed by atoms with Gasteiger partial charge in [-0.25, -0.2) is 12.8 Å². The summed E-state index contributed by atoms with van der Waals surface area (Å²) in [7, 11) is -4.08. The van der Waals surface area contributed by atoms with Crippen molar-refractivity contribution in [3.8, 4) is 0 Å². The Morgan fingerprint density at radius 2 is 2.00 bits per heavy atom. The number of hydrogen-bond acceptors (Lipinski definition) is 7. The molecule has 1 aliphatic rings. The first-order valence-electron chi connectivity index (χ1n) is 8.79. The molecule has 1 fully saturated rings. The number of aromatic amines is 1. The molecule has 11 heteroatoms. The van der Waals surface area contributed by atoms with Crippen molar-refractivity contribution >= 4 is 42.8 Å². The number of pyridine rings is 1. The maximum Gasteiger partial charge on any atom is 0.271 e. The summed E-state index contributed by atoms with van der Waals surface area (Å²) in [4.78, 5) is 16.2. The average Bonchev–Trinajstić information content (AvgIpc) is 3.16. The number of benzene rings is 1. The highest BCUT2D eigenvalue weighted by molar-refractivity contribution is 7.94. The number of aliphatic hydroxyl groups is 2. The van der Waals surface area contributed by atoms with Crippen molar-refractivity contribution in [2.24, 2.45) is 0 Å². The highest BCUT2D eigenvalue weighted by Gasteiger charge is 2.28. The summed E-state index contributed by atoms with van der Waals surface area (Å²) < 4.78 is 42.0. The van der Waals surface area contributed by atoms with Crippen LogP contribution >= 0.6 is 11.3 Å². The molecule has 29 heavy (non-hydrogen) atoms. The normalized spacial score (nSPS) is 20.2. The van der Waals surface area contributed by atoms with Crippen LogP contribution in [0.5, 0.6) is 0 Å². The minimum absolute atomic E-state index is 0.0328. The zero-order chi connectivity index (χ0) is 20.8. The number of sulfonamides is 1. The molecule has 4 N–H and O–H groups in total. The number of thiophene rings is 1. The van der Waals surface area contributed by atoms with Gasteiger partial charge in [-0.3, -0.25) is 9.52 Å². The average molecular weight is 439 g/mol. The van der Waals surface area contributed by atoms with E-state index in [-0.39, 0.29) is 21.8 Å². The third-order valence-corrected chi connectivity index (χ3v) is 7.80. The molecular formula is C18H18FN3O5S2. The van der Waals surface area contributed by atoms with Crippen molar-refractivity contribution in [2.45, 2.75) is 22.8 Å². The van der Waals surface area contributed by atoms with E-state index in [0.29, 0.717) is 23.4 Å². The summed E-state index contributed by atoms with van der Waals surface area (Å²) in [5.74, 6) is -0.795. The highest BCUT2D eigenvalue weighted by Crippen LogP contribution is 2.33. The van der Waals surface area contributed by atoms with Crippen molar-refractivity contribution in [1.29, 1.82) is 0 Å². The molecule has 8 nitrogen and oxygen atoms in total. The lowest BCUT2D eigenvalue weighted by atomic mass is 10.1. The summed E-state index contributed by atoms with van der Waals surface area (Å²) >= 11 is 0.974. The fourth-order valence-electron chi connectivity index (χ4n) is 3.23. The molecule has 1 aliphatic heterocycles. The van der Waals surface area contributed by atoms with Crippen molar-refractivity contribution in [1.82, 2.24) is 4.98 Å². The topological polar surface area (TPSA) is 123 Å². The van der Waals surface area contributed by atoms with Crippen LogP contribution in [-0.2, 0) is 10.0 Å². The van der Waals surface area contributed by atoms with Gasteiger partial charge in [-0.15, -0.1) is 11.3 Å². The molecule has 0 aliphatic carbocycles. The van der Waals surface area contributed by atoms with E-state index in [4.69, 9.17) is 0 Å². The molecule has 0 unspecified atom stereocenters. The standard InChI is InChI=1S/C18H18FN3O5S2/c19-12-7-10-3-5-20-18(25)11(10)8-13(12)21-29(26,27)17-2-1-16(28-17)22-6-4-14(23)15(24)9-22/h1-3,5,7-8,14-15,21,23-24H,4,6,9H2,(H,20,25)/t14-,15+/m0/s1. The summed E-state index contributed by atoms with van der Waals surface area (Å²) in [6.45, 7) is 0.671. The van der Waals surface area contributed by atoms with E-state index in [9.17, 15) is 27.8 Å². The van der Waals surface area contributed by atoms with E-state index < -0.39 is 33.6 Å². The van der Waals surface area contributed by atoms with E-state index in [1.165, 1.54) is 18.3 Å². The van der Waals surface area contributed by atoms with Gasteiger partial charge in [0.2, 0.25) is 0 Å². The second-order valence-electron chi connectivity index (χ2n) is 6.79. The summed E-state index contributed by atoms with van der Waals surface area (Å²) in [6, 6.07) is 6.78. The number of piperidine rings is 1. The van der Waals surface area contributed by atoms with Crippen molar-refractivity contribution in [2.75, 3.05) is 22.7 Å². The first kappa shape index (κ1) is 19.8. The Morgan fingerprint density at radius 1 is 1.21 bits per heavy atom. The lowest BCUT2D eigenvalue weighted by Gasteiger charge is -2.33. The van der Waals surface area contributed by atoms with Crippen molar-refractivity contribution in [3.05, 3.63) is 52.7 Å². The number of halogens is 1. The van der Waals surface area contributed by atoms with Gasteiger partial charge in [0.1, 0.15) is 10.0 Å². The number of rotatable bonds is 4. The first-order chi connectivity index (χ1) is 13.7. The lowest BCUT2D eigenvalue weighted by Crippen LogP contribution is -2.46. The highest BCUT2D eigenvalue weighted by atomic mass is 32.2. The van der Waals surface area contributed by atoms with Crippen LogP contribution in [0.15, 0.2) is 45.5 Å². The van der Waals surface area contributed by atoms with E-state index in [2.05, 4.69) is 9.71 Å². The molecule has 1 aromatic carbocycles. The number of hydrogen-bond donors (Lipinski definition) is 4. The summed E-state index contributed by atoms with van der Waals surface area (Å²) in [5, 5.41) is 20.6. The Hall–Kier alpha value is -2.47. The van der Waals surface area contributed by atoms with Gasteiger partial charge in [0, 0.05) is 24.7 Å². The van der Waals surface area contributed by atoms with Crippen LogP contribution in [0.4, 0.5) is 15.1 Å². The number of aliphatic hydroxyl groups excluding tert-OH is 2. The Labute approximate surface area is 169 Å². The minimum Gasteiger partial charge on any atom is -0.390 e. The van der Waals surface area contributed by atoms with Crippen LogP contribution in [0.1, 0.15) is 6.42 Å². The molecule has 3 aromatic rings. The van der Waals surface area contributed by atoms with Crippen LogP contribution in [0.3, 0.4) is 0 Å². The van der Waals surface area contributed by atoms with Gasteiger partial charge in [0.05, 0.1) is 22.9 Å². The van der Waals surface area contributed by atoms with Crippen LogP contribution in [0, 0.1) is 5.82 Å². The summed E-state index contributed by atoms with van der Waals surface area (Å²) in [6.07, 6.45) is 0.0531. The molecule has 3 heterocycles. The molecule has 0 spiro atoms. The molecule has 2 aromatic heterocycles. The monoisotopic (exact) mass is 439 g/mol. The Morgan fingerprint density at radius 3 is 2.76 bits per heavy atom. The largest absolute Gasteiger partial charge is 0.390 e. The zero-order valence-electron chi connectivity index (χ0n) is 15.0. The van der Waals surface area contributed by atoms with Crippen LogP contribution in [-0.4, -0.2) is 48.9 Å². The van der Waals surface area contributed by atoms with Crippen LogP contribution in [0.25, 0.3) is 10.8 Å². The Bertz CT molecular complexity index is 1220. The molecule has 2 atom stereocenters. The Kier molecular flexibility index (Phi) is 5.07. The molecule has 154 valence electrons. The SMILES string of the molecule is O=c1[nH]ccc2cc(F)c(NS(=O)(=O)c3ccc(N4CC[C@H](O)[C@H](O)C4)s3)cc12. The number of anilines is 2. The van der Waals surface area contributed by atoms with E-state index in [0.717, 1.165) is 23.5 Å². The van der Waals surface area contributed by atoms with E-state index in [1.807, 2.05) is 0 Å². The third kappa shape index (κ3) is 3.86. The number of fused-ring (bicyclic) bond motifs is 1. The lowest BCUT2D eigenvalue weighted by molar-refractivity contribution is 0.00816. The second-order valence-corrected chi connectivity index (χ2v) is 9.77. The minimum atomic E-state index is -4.08. The van der Waals surface area contributed by atoms with Gasteiger partial charge < -0.3 is 20.1 Å². The number of nitrogens with one attached hydrogen (secondary N) is 2. The van der Waals surface area contributed by atoms with Crippen LogP contribution < -0.4 is 15.2 Å². The van der Waals surface area contributed by atoms with E-state index >= 15 is 0 Å². The second kappa shape index (κ2) is 7.41. The van der Waals surface area contributed by atoms with E-state index in [1.54, 1.807) is 11.0 Å². The fourth-order valence-corrected chi connectivity index (χ4v) is 5.61. The van der Waals surface area contributed by atoms with Gasteiger partial charge in [-0.05, 0) is 42.1 Å². The fraction of sp³-hybridized carbons (Fsp3) is 0.278. The van der Waals surface area contributed by atoms with Gasteiger partial charge in [-0.1, -0.05) is 0 Å². The van der Waals surface area contributed by atoms with Gasteiger partial charge in [0.25, 0.3) is 15.6 Å². The number of nitrogens with zero attached hydrogens (tertiary/aromatic N) is 1. The third-order valence-electron chi connectivity index (χ3n) is 4.80. The summed E-state index contributed by atoms with van der Waals surface area (Å²) in [5.41, 5.74) is -0.770. The van der Waals surface area contributed by atoms with Gasteiger partial charge >= 0.3 is 0 Å². The molecule has 4 rings (SSSR count). The molecule has 1 saturated heterocycles. The number of aromatic nitrogens is 1. The quantitative estimate of drug-likeness (QED) is 0.488. The first-order valence-corrected chi connectivity index (χ1v) is 11.1. The maximum absolute atomic E-state index is 14.4. The van der Waals surface area contributed by atoms with Crippen molar-refractivity contribution in [3.63, 3.8) is 0 Å². The predicted molar refractivity (Wildman–Crippen MR) is 108 cm³/mol. The Balaban J connectivity index is 1.61. The maximum atomic E-state index is 14.4. The van der Waals surface area contributed by atoms with Crippen molar-refractivity contribution < 1.29 is 23.0 Å². The molecule has 0 amide bonds. The van der Waals surface area contributed by atoms with Gasteiger partial charge in [-0.2, -0.15) is 0 Å². The number of β-amino-alcohol motifs (C(OH)–C–C–N with tert-alkyl or cyclic N) is 1. The van der Waals surface area contributed by atoms with Crippen LogP contribution in [0.2, 0.25) is 0 Å². The zero-order valence-corrected chi connectivity index (χ0v) is 16.6. The molecular weight excluding hydrogens is 421 g/mol.